The topological polar surface area (TPSA) is 73.9 Å². The van der Waals surface area contributed by atoms with Crippen LogP contribution in [-0.4, -0.2) is 39.1 Å². The molecule has 8 heteroatoms. The molecule has 1 N–H and O–H groups in total. The summed E-state index contributed by atoms with van der Waals surface area (Å²) in [5, 5.41) is -0.288. The molecule has 0 atom stereocenters. The van der Waals surface area contributed by atoms with E-state index in [4.69, 9.17) is 14.0 Å². The van der Waals surface area contributed by atoms with E-state index in [1.807, 2.05) is 27.7 Å². The fourth-order valence-corrected chi connectivity index (χ4v) is 3.91. The van der Waals surface area contributed by atoms with Gasteiger partial charge in [0.25, 0.3) is 0 Å². The summed E-state index contributed by atoms with van der Waals surface area (Å²) in [6, 6.07) is 5.20. The van der Waals surface area contributed by atoms with Gasteiger partial charge in [-0.05, 0) is 58.1 Å². The maximum Gasteiger partial charge on any atom is 0.495 e. The van der Waals surface area contributed by atoms with Crippen molar-refractivity contribution in [1.82, 2.24) is 0 Å². The highest BCUT2D eigenvalue weighted by Crippen LogP contribution is 2.37. The monoisotopic (exact) mass is 353 g/mol. The maximum absolute atomic E-state index is 12.2. The van der Waals surface area contributed by atoms with Crippen molar-refractivity contribution in [2.45, 2.75) is 57.0 Å². The van der Waals surface area contributed by atoms with E-state index in [2.05, 4.69) is 4.72 Å². The largest absolute Gasteiger partial charge is 0.497 e. The molecule has 0 unspecified atom stereocenters. The average molecular weight is 353 g/mol. The lowest BCUT2D eigenvalue weighted by Crippen LogP contribution is -2.41. The van der Waals surface area contributed by atoms with Crippen molar-refractivity contribution < 1.29 is 22.5 Å². The third-order valence-electron chi connectivity index (χ3n) is 4.91. The number of methoxy groups -OCH3 is 1. The molecular weight excluding hydrogens is 329 g/mol. The first-order chi connectivity index (χ1) is 11.0. The molecule has 0 bridgehead atoms. The number of rotatable bonds is 5. The quantitative estimate of drug-likeness (QED) is 0.819. The van der Waals surface area contributed by atoms with E-state index in [0.29, 0.717) is 24.3 Å². The van der Waals surface area contributed by atoms with Crippen molar-refractivity contribution in [1.29, 1.82) is 0 Å². The van der Waals surface area contributed by atoms with Crippen molar-refractivity contribution in [3.05, 3.63) is 18.2 Å². The third-order valence-corrected chi connectivity index (χ3v) is 6.78. The van der Waals surface area contributed by atoms with Gasteiger partial charge in [0.15, 0.2) is 0 Å². The number of benzene rings is 1. The molecule has 1 saturated heterocycles. The summed E-state index contributed by atoms with van der Waals surface area (Å²) in [5.74, 6) is 0.552. The summed E-state index contributed by atoms with van der Waals surface area (Å²) in [4.78, 5) is 0. The standard InChI is InChI=1S/C16H24BNO5S/c1-15(2)16(3,4)23-17(22-15)11-8-12(10-13(9-11)21-5)18-24(19,20)14-6-7-14/h8-10,14,18H,6-7H2,1-5H3. The Bertz CT molecular complexity index is 727. The van der Waals surface area contributed by atoms with Gasteiger partial charge in [-0.15, -0.1) is 0 Å². The van der Waals surface area contributed by atoms with Crippen LogP contribution >= 0.6 is 0 Å². The van der Waals surface area contributed by atoms with Crippen LogP contribution < -0.4 is 14.9 Å². The average Bonchev–Trinajstić information content (AvgIpc) is 3.27. The molecule has 132 valence electrons. The summed E-state index contributed by atoms with van der Waals surface area (Å²) >= 11 is 0. The summed E-state index contributed by atoms with van der Waals surface area (Å²) < 4.78 is 44.4. The van der Waals surface area contributed by atoms with Gasteiger partial charge in [-0.3, -0.25) is 4.72 Å². The van der Waals surface area contributed by atoms with Crippen LogP contribution in [-0.2, 0) is 19.3 Å². The zero-order valence-electron chi connectivity index (χ0n) is 14.8. The molecule has 0 radical (unpaired) electrons. The minimum absolute atomic E-state index is 0.288. The summed E-state index contributed by atoms with van der Waals surface area (Å²) in [7, 11) is -2.37. The molecule has 0 spiro atoms. The van der Waals surface area contributed by atoms with Crippen molar-refractivity contribution in [2.75, 3.05) is 11.8 Å². The second-order valence-corrected chi connectivity index (χ2v) is 9.39. The van der Waals surface area contributed by atoms with E-state index in [-0.39, 0.29) is 5.25 Å². The molecule has 0 aromatic heterocycles. The van der Waals surface area contributed by atoms with Crippen LogP contribution in [0.1, 0.15) is 40.5 Å². The van der Waals surface area contributed by atoms with Crippen LogP contribution in [0.4, 0.5) is 5.69 Å². The predicted octanol–water partition coefficient (Wildman–Crippen LogP) is 1.90. The van der Waals surface area contributed by atoms with Gasteiger partial charge >= 0.3 is 7.12 Å². The van der Waals surface area contributed by atoms with Crippen LogP contribution in [0.15, 0.2) is 18.2 Å². The van der Waals surface area contributed by atoms with E-state index >= 15 is 0 Å². The number of hydrogen-bond acceptors (Lipinski definition) is 5. The van der Waals surface area contributed by atoms with Crippen LogP contribution in [0.5, 0.6) is 5.75 Å². The SMILES string of the molecule is COc1cc(NS(=O)(=O)C2CC2)cc(B2OC(C)(C)C(C)(C)O2)c1. The Balaban J connectivity index is 1.90. The van der Waals surface area contributed by atoms with Gasteiger partial charge in [-0.1, -0.05) is 0 Å². The molecule has 1 saturated carbocycles. The number of sulfonamides is 1. The normalized spacial score (nSPS) is 22.5. The molecule has 1 aliphatic heterocycles. The van der Waals surface area contributed by atoms with Gasteiger partial charge < -0.3 is 14.0 Å². The Labute approximate surface area is 144 Å². The first kappa shape index (κ1) is 17.6. The van der Waals surface area contributed by atoms with E-state index in [0.717, 1.165) is 5.46 Å². The molecule has 1 aliphatic carbocycles. The molecule has 2 aliphatic rings. The molecule has 24 heavy (non-hydrogen) atoms. The number of anilines is 1. The molecule has 0 amide bonds. The van der Waals surface area contributed by atoms with Crippen molar-refractivity contribution in [3.8, 4) is 5.75 Å². The zero-order chi connectivity index (χ0) is 17.8. The smallest absolute Gasteiger partial charge is 0.495 e. The van der Waals surface area contributed by atoms with Gasteiger partial charge in [-0.2, -0.15) is 0 Å². The van der Waals surface area contributed by atoms with E-state index in [1.165, 1.54) is 0 Å². The Hall–Kier alpha value is -1.25. The highest BCUT2D eigenvalue weighted by Gasteiger charge is 2.51. The molecule has 1 aromatic carbocycles. The van der Waals surface area contributed by atoms with Crippen molar-refractivity contribution in [2.24, 2.45) is 0 Å². The van der Waals surface area contributed by atoms with Gasteiger partial charge in [-0.25, -0.2) is 8.42 Å². The molecular formula is C16H24BNO5S. The fourth-order valence-electron chi connectivity index (χ4n) is 2.54. The first-order valence-electron chi connectivity index (χ1n) is 8.10. The lowest BCUT2D eigenvalue weighted by Gasteiger charge is -2.32. The van der Waals surface area contributed by atoms with E-state index < -0.39 is 28.3 Å². The highest BCUT2D eigenvalue weighted by molar-refractivity contribution is 7.93. The maximum atomic E-state index is 12.2. The number of hydrogen-bond donors (Lipinski definition) is 1. The number of ether oxygens (including phenoxy) is 1. The minimum Gasteiger partial charge on any atom is -0.497 e. The van der Waals surface area contributed by atoms with Crippen LogP contribution in [0.3, 0.4) is 0 Å². The minimum atomic E-state index is -3.34. The third kappa shape index (κ3) is 3.27. The predicted molar refractivity (Wildman–Crippen MR) is 94.3 cm³/mol. The van der Waals surface area contributed by atoms with Gasteiger partial charge in [0.2, 0.25) is 10.0 Å². The van der Waals surface area contributed by atoms with Crippen LogP contribution in [0.2, 0.25) is 0 Å². The molecule has 3 rings (SSSR count). The second kappa shape index (κ2) is 5.64. The van der Waals surface area contributed by atoms with Gasteiger partial charge in [0.05, 0.1) is 29.2 Å². The Kier molecular flexibility index (Phi) is 4.13. The summed E-state index contributed by atoms with van der Waals surface area (Å²) in [5.41, 5.74) is 0.260. The second-order valence-electron chi connectivity index (χ2n) is 7.43. The van der Waals surface area contributed by atoms with E-state index in [1.54, 1.807) is 25.3 Å². The Morgan fingerprint density at radius 2 is 1.71 bits per heavy atom. The van der Waals surface area contributed by atoms with Crippen LogP contribution in [0.25, 0.3) is 0 Å². The Morgan fingerprint density at radius 1 is 1.12 bits per heavy atom. The lowest BCUT2D eigenvalue weighted by molar-refractivity contribution is 0.00578. The van der Waals surface area contributed by atoms with Crippen molar-refractivity contribution >= 4 is 28.3 Å². The van der Waals surface area contributed by atoms with Gasteiger partial charge in [0, 0.05) is 6.07 Å². The zero-order valence-corrected chi connectivity index (χ0v) is 15.6. The summed E-state index contributed by atoms with van der Waals surface area (Å²) in [6.07, 6.45) is 1.42. The molecule has 2 fully saturated rings. The molecule has 1 heterocycles. The molecule has 6 nitrogen and oxygen atoms in total. The Morgan fingerprint density at radius 3 is 2.21 bits per heavy atom. The van der Waals surface area contributed by atoms with E-state index in [9.17, 15) is 8.42 Å². The lowest BCUT2D eigenvalue weighted by atomic mass is 9.79. The highest BCUT2D eigenvalue weighted by atomic mass is 32.2. The number of nitrogens with one attached hydrogen (secondary N) is 1. The summed E-state index contributed by atoms with van der Waals surface area (Å²) in [6.45, 7) is 7.90. The first-order valence-corrected chi connectivity index (χ1v) is 9.65. The molecule has 1 aromatic rings. The van der Waals surface area contributed by atoms with Crippen molar-refractivity contribution in [3.63, 3.8) is 0 Å². The fraction of sp³-hybridized carbons (Fsp3) is 0.625. The van der Waals surface area contributed by atoms with Crippen LogP contribution in [0, 0.1) is 0 Å². The van der Waals surface area contributed by atoms with Gasteiger partial charge in [0.1, 0.15) is 5.75 Å².